The zero-order chi connectivity index (χ0) is 13.8. The molecule has 1 aromatic carbocycles. The van der Waals surface area contributed by atoms with Crippen LogP contribution in [0.4, 0.5) is 0 Å². The van der Waals surface area contributed by atoms with Gasteiger partial charge in [-0.3, -0.25) is 5.84 Å². The van der Waals surface area contributed by atoms with Crippen LogP contribution >= 0.6 is 0 Å². The van der Waals surface area contributed by atoms with Crippen LogP contribution in [0.3, 0.4) is 0 Å². The average Bonchev–Trinajstić information content (AvgIpc) is 2.42. The number of nitrogens with two attached hydrogens (primary N) is 1. The number of rotatable bonds is 4. The van der Waals surface area contributed by atoms with Crippen molar-refractivity contribution in [1.29, 1.82) is 0 Å². The van der Waals surface area contributed by atoms with E-state index >= 15 is 0 Å². The van der Waals surface area contributed by atoms with E-state index in [2.05, 4.69) is 47.7 Å². The normalized spacial score (nSPS) is 12.4. The monoisotopic (exact) mass is 256 g/mol. The second kappa shape index (κ2) is 5.91. The Hall–Kier alpha value is -1.78. The van der Waals surface area contributed by atoms with Crippen LogP contribution in [-0.2, 0) is 6.42 Å². The van der Waals surface area contributed by atoms with Crippen LogP contribution in [0.5, 0.6) is 0 Å². The van der Waals surface area contributed by atoms with E-state index in [1.807, 2.05) is 19.1 Å². The molecule has 0 aliphatic carbocycles. The maximum atomic E-state index is 5.78. The van der Waals surface area contributed by atoms with Crippen LogP contribution in [0.1, 0.15) is 41.0 Å². The molecule has 0 fully saturated rings. The summed E-state index contributed by atoms with van der Waals surface area (Å²) >= 11 is 0. The van der Waals surface area contributed by atoms with Crippen molar-refractivity contribution in [2.24, 2.45) is 5.84 Å². The second-order valence-electron chi connectivity index (χ2n) is 4.70. The second-order valence-corrected chi connectivity index (χ2v) is 4.70. The largest absolute Gasteiger partial charge is 0.271 e. The van der Waals surface area contributed by atoms with Crippen molar-refractivity contribution in [2.45, 2.75) is 33.2 Å². The van der Waals surface area contributed by atoms with E-state index < -0.39 is 0 Å². The van der Waals surface area contributed by atoms with Crippen LogP contribution in [0, 0.1) is 13.8 Å². The summed E-state index contributed by atoms with van der Waals surface area (Å²) in [5, 5.41) is 8.40. The Balaban J connectivity index is 2.54. The molecule has 0 aliphatic heterocycles. The third-order valence-electron chi connectivity index (χ3n) is 3.34. The fourth-order valence-electron chi connectivity index (χ4n) is 2.32. The molecule has 1 heterocycles. The predicted molar refractivity (Wildman–Crippen MR) is 76.5 cm³/mol. The molecule has 0 bridgehead atoms. The van der Waals surface area contributed by atoms with Gasteiger partial charge in [0.25, 0.3) is 0 Å². The van der Waals surface area contributed by atoms with Crippen molar-refractivity contribution in [3.05, 3.63) is 58.4 Å². The lowest BCUT2D eigenvalue weighted by Gasteiger charge is -2.21. The summed E-state index contributed by atoms with van der Waals surface area (Å²) in [5.41, 5.74) is 8.28. The van der Waals surface area contributed by atoms with Gasteiger partial charge in [0.1, 0.15) is 0 Å². The molecule has 1 aromatic heterocycles. The van der Waals surface area contributed by atoms with Crippen molar-refractivity contribution in [3.8, 4) is 0 Å². The van der Waals surface area contributed by atoms with Crippen LogP contribution in [0.15, 0.2) is 30.3 Å². The van der Waals surface area contributed by atoms with Crippen LogP contribution in [0.25, 0.3) is 0 Å². The van der Waals surface area contributed by atoms with E-state index in [0.29, 0.717) is 0 Å². The number of hydrogen-bond acceptors (Lipinski definition) is 4. The minimum atomic E-state index is -0.0506. The average molecular weight is 256 g/mol. The Morgan fingerprint density at radius 2 is 1.89 bits per heavy atom. The Morgan fingerprint density at radius 1 is 1.16 bits per heavy atom. The zero-order valence-corrected chi connectivity index (χ0v) is 11.6. The fourth-order valence-corrected chi connectivity index (χ4v) is 2.32. The molecule has 0 radical (unpaired) electrons. The maximum Gasteiger partial charge on any atom is 0.0731 e. The molecule has 3 N–H and O–H groups in total. The van der Waals surface area contributed by atoms with E-state index in [1.165, 1.54) is 11.1 Å². The summed E-state index contributed by atoms with van der Waals surface area (Å²) < 4.78 is 0. The number of hydrazine groups is 1. The highest BCUT2D eigenvalue weighted by molar-refractivity contribution is 5.38. The van der Waals surface area contributed by atoms with E-state index in [4.69, 9.17) is 5.84 Å². The van der Waals surface area contributed by atoms with Gasteiger partial charge in [-0.25, -0.2) is 5.43 Å². The lowest BCUT2D eigenvalue weighted by Crippen LogP contribution is -2.30. The lowest BCUT2D eigenvalue weighted by molar-refractivity contribution is 0.619. The summed E-state index contributed by atoms with van der Waals surface area (Å²) in [7, 11) is 0. The van der Waals surface area contributed by atoms with Crippen molar-refractivity contribution >= 4 is 0 Å². The van der Waals surface area contributed by atoms with Gasteiger partial charge in [-0.1, -0.05) is 31.2 Å². The highest BCUT2D eigenvalue weighted by atomic mass is 15.2. The molecule has 0 amide bonds. The molecule has 2 aromatic rings. The summed E-state index contributed by atoms with van der Waals surface area (Å²) in [5.74, 6) is 5.78. The SMILES string of the molecule is CCc1nnc(C)cc1C(NN)c1ccccc1C. The molecule has 1 unspecified atom stereocenters. The van der Waals surface area contributed by atoms with Crippen LogP contribution < -0.4 is 11.3 Å². The van der Waals surface area contributed by atoms with Crippen LogP contribution in [0.2, 0.25) is 0 Å². The first-order valence-corrected chi connectivity index (χ1v) is 6.52. The number of aryl methyl sites for hydroxylation is 3. The Bertz CT molecular complexity index is 566. The molecule has 100 valence electrons. The van der Waals surface area contributed by atoms with E-state index in [1.54, 1.807) is 0 Å². The van der Waals surface area contributed by atoms with Gasteiger partial charge in [-0.2, -0.15) is 10.2 Å². The maximum absolute atomic E-state index is 5.78. The summed E-state index contributed by atoms with van der Waals surface area (Å²) in [4.78, 5) is 0. The minimum Gasteiger partial charge on any atom is -0.271 e. The van der Waals surface area contributed by atoms with E-state index in [0.717, 1.165) is 23.4 Å². The number of nitrogens with one attached hydrogen (secondary N) is 1. The topological polar surface area (TPSA) is 63.8 Å². The highest BCUT2D eigenvalue weighted by Gasteiger charge is 2.18. The Kier molecular flexibility index (Phi) is 4.24. The van der Waals surface area contributed by atoms with Crippen molar-refractivity contribution in [3.63, 3.8) is 0 Å². The van der Waals surface area contributed by atoms with Gasteiger partial charge < -0.3 is 0 Å². The zero-order valence-electron chi connectivity index (χ0n) is 11.6. The van der Waals surface area contributed by atoms with Gasteiger partial charge >= 0.3 is 0 Å². The summed E-state index contributed by atoms with van der Waals surface area (Å²) in [6.07, 6.45) is 0.840. The molecular weight excluding hydrogens is 236 g/mol. The molecule has 4 heteroatoms. The first-order chi connectivity index (χ1) is 9.17. The summed E-state index contributed by atoms with van der Waals surface area (Å²) in [6, 6.07) is 10.2. The molecular formula is C15H20N4. The predicted octanol–water partition coefficient (Wildman–Crippen LogP) is 2.21. The molecule has 19 heavy (non-hydrogen) atoms. The van der Waals surface area contributed by atoms with Crippen molar-refractivity contribution in [2.75, 3.05) is 0 Å². The molecule has 0 aliphatic rings. The van der Waals surface area contributed by atoms with Gasteiger partial charge in [-0.05, 0) is 37.5 Å². The smallest absolute Gasteiger partial charge is 0.0731 e. The summed E-state index contributed by atoms with van der Waals surface area (Å²) in [6.45, 7) is 6.11. The molecule has 4 nitrogen and oxygen atoms in total. The van der Waals surface area contributed by atoms with Gasteiger partial charge in [0, 0.05) is 5.56 Å². The standard InChI is InChI=1S/C15H20N4/c1-4-14-13(9-11(3)18-19-14)15(17-16)12-8-6-5-7-10(12)2/h5-9,15,17H,4,16H2,1-3H3. The molecule has 2 rings (SSSR count). The highest BCUT2D eigenvalue weighted by Crippen LogP contribution is 2.26. The first-order valence-electron chi connectivity index (χ1n) is 6.52. The van der Waals surface area contributed by atoms with Gasteiger partial charge in [0.2, 0.25) is 0 Å². The van der Waals surface area contributed by atoms with Crippen LogP contribution in [-0.4, -0.2) is 10.2 Å². The Labute approximate surface area is 114 Å². The first kappa shape index (κ1) is 13.6. The number of hydrogen-bond donors (Lipinski definition) is 2. The van der Waals surface area contributed by atoms with E-state index in [9.17, 15) is 0 Å². The van der Waals surface area contributed by atoms with Gasteiger partial charge in [-0.15, -0.1) is 0 Å². The van der Waals surface area contributed by atoms with Gasteiger partial charge in [0.05, 0.1) is 17.4 Å². The third kappa shape index (κ3) is 2.80. The van der Waals surface area contributed by atoms with Crippen molar-refractivity contribution < 1.29 is 0 Å². The number of nitrogens with zero attached hydrogens (tertiary/aromatic N) is 2. The molecule has 0 saturated heterocycles. The van der Waals surface area contributed by atoms with Crippen molar-refractivity contribution in [1.82, 2.24) is 15.6 Å². The lowest BCUT2D eigenvalue weighted by atomic mass is 9.94. The molecule has 0 saturated carbocycles. The third-order valence-corrected chi connectivity index (χ3v) is 3.34. The quantitative estimate of drug-likeness (QED) is 0.650. The van der Waals surface area contributed by atoms with Gasteiger partial charge in [0.15, 0.2) is 0 Å². The minimum absolute atomic E-state index is 0.0506. The number of aromatic nitrogens is 2. The number of benzene rings is 1. The van der Waals surface area contributed by atoms with E-state index in [-0.39, 0.29) is 6.04 Å². The molecule has 1 atom stereocenters. The fraction of sp³-hybridized carbons (Fsp3) is 0.333. The molecule has 0 spiro atoms. The Morgan fingerprint density at radius 3 is 2.53 bits per heavy atom.